The fraction of sp³-hybridized carbons (Fsp3) is 0.235. The number of hydrogen-bond donors (Lipinski definition) is 1. The molecular weight excluding hydrogens is 393 g/mol. The standard InChI is InChI=1S/C17H18INO3/c1-11-4-12(2)6-14(5-11)10-22-17-15(18)7-13(9-19-20)8-16(17)21-3/h4-9,20H,10H2,1-3H3/b19-9-. The number of halogens is 1. The summed E-state index contributed by atoms with van der Waals surface area (Å²) in [4.78, 5) is 0. The van der Waals surface area contributed by atoms with Crippen LogP contribution < -0.4 is 9.47 Å². The first kappa shape index (κ1) is 16.6. The van der Waals surface area contributed by atoms with Crippen LogP contribution in [-0.4, -0.2) is 18.5 Å². The van der Waals surface area contributed by atoms with Gasteiger partial charge in [-0.05, 0) is 54.1 Å². The minimum absolute atomic E-state index is 0.475. The van der Waals surface area contributed by atoms with E-state index >= 15 is 0 Å². The monoisotopic (exact) mass is 411 g/mol. The van der Waals surface area contributed by atoms with E-state index in [-0.39, 0.29) is 0 Å². The Morgan fingerprint density at radius 1 is 1.14 bits per heavy atom. The van der Waals surface area contributed by atoms with Crippen molar-refractivity contribution in [3.63, 3.8) is 0 Å². The van der Waals surface area contributed by atoms with Gasteiger partial charge in [-0.15, -0.1) is 0 Å². The zero-order chi connectivity index (χ0) is 16.1. The SMILES string of the molecule is COc1cc(/C=N\O)cc(I)c1OCc1cc(C)cc(C)c1. The maximum absolute atomic E-state index is 8.64. The van der Waals surface area contributed by atoms with Crippen LogP contribution in [-0.2, 0) is 6.61 Å². The Bertz CT molecular complexity index is 678. The Morgan fingerprint density at radius 2 is 1.82 bits per heavy atom. The van der Waals surface area contributed by atoms with Gasteiger partial charge < -0.3 is 14.7 Å². The summed E-state index contributed by atoms with van der Waals surface area (Å²) in [5.41, 5.74) is 4.31. The van der Waals surface area contributed by atoms with Crippen molar-refractivity contribution < 1.29 is 14.7 Å². The second-order valence-corrected chi connectivity index (χ2v) is 6.23. The molecular formula is C17H18INO3. The molecule has 0 saturated heterocycles. The molecule has 0 aliphatic heterocycles. The summed E-state index contributed by atoms with van der Waals surface area (Å²) in [5.74, 6) is 1.31. The first-order chi connectivity index (χ1) is 10.5. The number of benzene rings is 2. The van der Waals surface area contributed by atoms with Gasteiger partial charge in [0.2, 0.25) is 0 Å². The molecule has 0 amide bonds. The van der Waals surface area contributed by atoms with E-state index in [4.69, 9.17) is 14.7 Å². The van der Waals surface area contributed by atoms with Crippen molar-refractivity contribution in [1.82, 2.24) is 0 Å². The highest BCUT2D eigenvalue weighted by Crippen LogP contribution is 2.34. The van der Waals surface area contributed by atoms with E-state index in [1.54, 1.807) is 13.2 Å². The van der Waals surface area contributed by atoms with Crippen LogP contribution in [0.2, 0.25) is 0 Å². The molecule has 0 aliphatic carbocycles. The van der Waals surface area contributed by atoms with Gasteiger partial charge in [-0.3, -0.25) is 0 Å². The van der Waals surface area contributed by atoms with Gasteiger partial charge in [0.1, 0.15) is 6.61 Å². The average Bonchev–Trinajstić information content (AvgIpc) is 2.45. The molecule has 5 heteroatoms. The first-order valence-corrected chi connectivity index (χ1v) is 7.86. The molecule has 0 bridgehead atoms. The lowest BCUT2D eigenvalue weighted by molar-refractivity contribution is 0.282. The molecule has 1 N–H and O–H groups in total. The molecule has 116 valence electrons. The van der Waals surface area contributed by atoms with Crippen LogP contribution in [0.15, 0.2) is 35.5 Å². The zero-order valence-electron chi connectivity index (χ0n) is 12.8. The average molecular weight is 411 g/mol. The van der Waals surface area contributed by atoms with Gasteiger partial charge in [0.05, 0.1) is 16.9 Å². The Hall–Kier alpha value is -1.76. The lowest BCUT2D eigenvalue weighted by atomic mass is 10.1. The second-order valence-electron chi connectivity index (χ2n) is 5.06. The molecule has 2 aromatic rings. The van der Waals surface area contributed by atoms with Crippen molar-refractivity contribution in [2.45, 2.75) is 20.5 Å². The van der Waals surface area contributed by atoms with Crippen LogP contribution in [0.3, 0.4) is 0 Å². The molecule has 0 radical (unpaired) electrons. The first-order valence-electron chi connectivity index (χ1n) is 6.78. The van der Waals surface area contributed by atoms with Crippen molar-refractivity contribution in [2.24, 2.45) is 5.16 Å². The molecule has 0 spiro atoms. The van der Waals surface area contributed by atoms with E-state index in [0.29, 0.717) is 18.1 Å². The highest BCUT2D eigenvalue weighted by atomic mass is 127. The van der Waals surface area contributed by atoms with Crippen molar-refractivity contribution in [3.05, 3.63) is 56.2 Å². The number of hydrogen-bond acceptors (Lipinski definition) is 4. The smallest absolute Gasteiger partial charge is 0.174 e. The number of nitrogens with zero attached hydrogens (tertiary/aromatic N) is 1. The predicted octanol–water partition coefficient (Wildman–Crippen LogP) is 4.30. The lowest BCUT2D eigenvalue weighted by Crippen LogP contribution is -2.01. The molecule has 0 aromatic heterocycles. The molecule has 0 heterocycles. The zero-order valence-corrected chi connectivity index (χ0v) is 14.9. The molecule has 0 unspecified atom stereocenters. The van der Waals surface area contributed by atoms with Crippen molar-refractivity contribution in [1.29, 1.82) is 0 Å². The van der Waals surface area contributed by atoms with Gasteiger partial charge in [0.15, 0.2) is 11.5 Å². The highest BCUT2D eigenvalue weighted by Gasteiger charge is 2.11. The molecule has 2 rings (SSSR count). The third-order valence-electron chi connectivity index (χ3n) is 3.12. The van der Waals surface area contributed by atoms with Crippen LogP contribution in [0.25, 0.3) is 0 Å². The van der Waals surface area contributed by atoms with Crippen LogP contribution >= 0.6 is 22.6 Å². The summed E-state index contributed by atoms with van der Waals surface area (Å²) in [6.07, 6.45) is 1.36. The highest BCUT2D eigenvalue weighted by molar-refractivity contribution is 14.1. The van der Waals surface area contributed by atoms with Crippen LogP contribution in [0.1, 0.15) is 22.3 Å². The van der Waals surface area contributed by atoms with Gasteiger partial charge in [0, 0.05) is 5.56 Å². The number of oxime groups is 1. The van der Waals surface area contributed by atoms with E-state index in [1.807, 2.05) is 6.07 Å². The van der Waals surface area contributed by atoms with Crippen molar-refractivity contribution in [3.8, 4) is 11.5 Å². The fourth-order valence-corrected chi connectivity index (χ4v) is 3.11. The van der Waals surface area contributed by atoms with Crippen LogP contribution in [0, 0.1) is 17.4 Å². The second kappa shape index (κ2) is 7.49. The lowest BCUT2D eigenvalue weighted by Gasteiger charge is -2.14. The number of ether oxygens (including phenoxy) is 2. The third kappa shape index (κ3) is 4.13. The summed E-state index contributed by atoms with van der Waals surface area (Å²) in [6.45, 7) is 4.62. The number of rotatable bonds is 5. The Labute approximate surface area is 143 Å². The summed E-state index contributed by atoms with van der Waals surface area (Å²) in [5, 5.41) is 11.7. The molecule has 22 heavy (non-hydrogen) atoms. The van der Waals surface area contributed by atoms with Gasteiger partial charge in [-0.25, -0.2) is 0 Å². The number of aryl methyl sites for hydroxylation is 2. The van der Waals surface area contributed by atoms with Gasteiger partial charge in [-0.1, -0.05) is 34.5 Å². The number of methoxy groups -OCH3 is 1. The van der Waals surface area contributed by atoms with E-state index in [1.165, 1.54) is 17.3 Å². The summed E-state index contributed by atoms with van der Waals surface area (Å²) in [7, 11) is 1.59. The van der Waals surface area contributed by atoms with E-state index in [2.05, 4.69) is 59.8 Å². The van der Waals surface area contributed by atoms with Crippen molar-refractivity contribution >= 4 is 28.8 Å². The van der Waals surface area contributed by atoms with E-state index in [9.17, 15) is 0 Å². The van der Waals surface area contributed by atoms with Crippen LogP contribution in [0.4, 0.5) is 0 Å². The topological polar surface area (TPSA) is 51.0 Å². The van der Waals surface area contributed by atoms with Gasteiger partial charge >= 0.3 is 0 Å². The van der Waals surface area contributed by atoms with E-state index in [0.717, 1.165) is 14.7 Å². The predicted molar refractivity (Wildman–Crippen MR) is 95.3 cm³/mol. The molecule has 0 fully saturated rings. The minimum Gasteiger partial charge on any atom is -0.493 e. The van der Waals surface area contributed by atoms with Crippen LogP contribution in [0.5, 0.6) is 11.5 Å². The maximum Gasteiger partial charge on any atom is 0.174 e. The third-order valence-corrected chi connectivity index (χ3v) is 3.92. The molecule has 4 nitrogen and oxygen atoms in total. The van der Waals surface area contributed by atoms with Gasteiger partial charge in [0.25, 0.3) is 0 Å². The fourth-order valence-electron chi connectivity index (χ4n) is 2.33. The largest absolute Gasteiger partial charge is 0.493 e. The van der Waals surface area contributed by atoms with Gasteiger partial charge in [-0.2, -0.15) is 0 Å². The molecule has 0 saturated carbocycles. The Balaban J connectivity index is 2.25. The Morgan fingerprint density at radius 3 is 2.41 bits per heavy atom. The summed E-state index contributed by atoms with van der Waals surface area (Å²) >= 11 is 2.18. The molecule has 0 aliphatic rings. The van der Waals surface area contributed by atoms with Crippen molar-refractivity contribution in [2.75, 3.05) is 7.11 Å². The van der Waals surface area contributed by atoms with E-state index < -0.39 is 0 Å². The normalized spacial score (nSPS) is 10.9. The Kier molecular flexibility index (Phi) is 5.65. The minimum atomic E-state index is 0.475. The maximum atomic E-state index is 8.64. The summed E-state index contributed by atoms with van der Waals surface area (Å²) in [6, 6.07) is 10.0. The molecule has 0 atom stereocenters. The molecule has 2 aromatic carbocycles. The quantitative estimate of drug-likeness (QED) is 0.346. The summed E-state index contributed by atoms with van der Waals surface area (Å²) < 4.78 is 12.2.